The van der Waals surface area contributed by atoms with Crippen molar-refractivity contribution >= 4 is 42.9 Å². The number of hydrogen-bond donors (Lipinski definition) is 0. The average Bonchev–Trinajstić information content (AvgIpc) is 2.69. The first-order valence-corrected chi connectivity index (χ1v) is 14.7. The Bertz CT molecular complexity index is 1290. The molecule has 6 nitrogen and oxygen atoms in total. The van der Waals surface area contributed by atoms with E-state index in [1.54, 1.807) is 13.0 Å². The highest BCUT2D eigenvalue weighted by atomic mass is 35.5. The molecule has 0 N–H and O–H groups in total. The number of benzene rings is 2. The van der Waals surface area contributed by atoms with Crippen LogP contribution in [0.2, 0.25) is 10.0 Å². The van der Waals surface area contributed by atoms with Crippen LogP contribution >= 0.6 is 23.2 Å². The second-order valence-corrected chi connectivity index (χ2v) is 13.5. The van der Waals surface area contributed by atoms with Crippen LogP contribution in [0, 0.1) is 13.8 Å². The zero-order valence-electron chi connectivity index (χ0n) is 18.6. The number of ether oxygens (including phenoxy) is 2. The van der Waals surface area contributed by atoms with Crippen molar-refractivity contribution in [1.82, 2.24) is 0 Å². The van der Waals surface area contributed by atoms with Crippen molar-refractivity contribution in [3.8, 4) is 11.5 Å². The molecule has 0 aliphatic carbocycles. The lowest BCUT2D eigenvalue weighted by Gasteiger charge is -2.31. The van der Waals surface area contributed by atoms with E-state index in [9.17, 15) is 21.2 Å². The van der Waals surface area contributed by atoms with E-state index in [1.807, 2.05) is 13.0 Å². The lowest BCUT2D eigenvalue weighted by molar-refractivity contribution is 0.163. The van der Waals surface area contributed by atoms with Gasteiger partial charge in [0.15, 0.2) is 19.7 Å². The summed E-state index contributed by atoms with van der Waals surface area (Å²) in [6, 6.07) is 6.41. The Labute approximate surface area is 203 Å². The molecule has 0 radical (unpaired) electrons. The van der Waals surface area contributed by atoms with Gasteiger partial charge in [-0.05, 0) is 49.2 Å². The second-order valence-electron chi connectivity index (χ2n) is 8.29. The number of halogens is 3. The fraction of sp³-hybridized carbons (Fsp3) is 0.455. The maximum atomic E-state index is 14.7. The molecule has 0 spiro atoms. The predicted octanol–water partition coefficient (Wildman–Crippen LogP) is 5.11. The van der Waals surface area contributed by atoms with Gasteiger partial charge < -0.3 is 9.47 Å². The van der Waals surface area contributed by atoms with Crippen LogP contribution < -0.4 is 9.47 Å². The monoisotopic (exact) mass is 538 g/mol. The van der Waals surface area contributed by atoms with E-state index in [0.717, 1.165) is 17.4 Å². The van der Waals surface area contributed by atoms with Crippen molar-refractivity contribution in [2.75, 3.05) is 25.7 Å². The molecular formula is C22H25Cl2FO6S2. The molecule has 0 saturated carbocycles. The first-order chi connectivity index (χ1) is 15.1. The van der Waals surface area contributed by atoms with Gasteiger partial charge in [-0.15, -0.1) is 0 Å². The summed E-state index contributed by atoms with van der Waals surface area (Å²) in [6.07, 6.45) is 2.47. The highest BCUT2D eigenvalue weighted by Gasteiger charge is 2.47. The molecule has 0 bridgehead atoms. The molecule has 0 aromatic heterocycles. The standard InChI is InChI=1S/C11H12ClFO3S.C11H13ClO3S/c1-7-5-8-10(6-9(7)12)16-4-3-11(8,13)17(2,14)15;1-7-5-8-10(6-9(7)12)15-4-3-11(8)16(2,13)14/h5-6H,3-4H2,1-2H3;5-6,11H,3-4H2,1-2H3. The molecule has 0 fully saturated rings. The van der Waals surface area contributed by atoms with E-state index < -0.39 is 29.9 Å². The Balaban J connectivity index is 0.000000186. The number of sulfone groups is 2. The molecule has 0 amide bonds. The van der Waals surface area contributed by atoms with Crippen LogP contribution in [-0.4, -0.2) is 42.6 Å². The van der Waals surface area contributed by atoms with E-state index in [4.69, 9.17) is 32.7 Å². The zero-order chi connectivity index (χ0) is 24.8. The quantitative estimate of drug-likeness (QED) is 0.527. The first kappa shape index (κ1) is 26.1. The van der Waals surface area contributed by atoms with Crippen molar-refractivity contribution in [3.05, 3.63) is 56.6 Å². The van der Waals surface area contributed by atoms with Crippen molar-refractivity contribution in [3.63, 3.8) is 0 Å². The van der Waals surface area contributed by atoms with Gasteiger partial charge in [0, 0.05) is 46.5 Å². The van der Waals surface area contributed by atoms with Gasteiger partial charge in [-0.1, -0.05) is 23.2 Å². The van der Waals surface area contributed by atoms with Crippen LogP contribution in [0.25, 0.3) is 0 Å². The van der Waals surface area contributed by atoms with Crippen LogP contribution in [0.5, 0.6) is 11.5 Å². The van der Waals surface area contributed by atoms with Gasteiger partial charge in [0.25, 0.3) is 0 Å². The molecule has 4 rings (SSSR count). The predicted molar refractivity (Wildman–Crippen MR) is 128 cm³/mol. The molecule has 11 heteroatoms. The van der Waals surface area contributed by atoms with E-state index in [0.29, 0.717) is 34.4 Å². The number of rotatable bonds is 2. The summed E-state index contributed by atoms with van der Waals surface area (Å²) >= 11 is 11.9. The van der Waals surface area contributed by atoms with E-state index in [-0.39, 0.29) is 24.3 Å². The zero-order valence-corrected chi connectivity index (χ0v) is 21.8. The summed E-state index contributed by atoms with van der Waals surface area (Å²) in [6.45, 7) is 4.00. The van der Waals surface area contributed by atoms with Gasteiger partial charge in [0.1, 0.15) is 11.5 Å². The molecule has 182 valence electrons. The van der Waals surface area contributed by atoms with Crippen LogP contribution in [0.15, 0.2) is 24.3 Å². The molecule has 2 aromatic carbocycles. The molecule has 2 atom stereocenters. The smallest absolute Gasteiger partial charge is 0.242 e. The lowest BCUT2D eigenvalue weighted by atomic mass is 10.0. The molecular weight excluding hydrogens is 514 g/mol. The summed E-state index contributed by atoms with van der Waals surface area (Å²) in [4.78, 5) is 0. The fourth-order valence-electron chi connectivity index (χ4n) is 3.82. The Kier molecular flexibility index (Phi) is 7.30. The minimum atomic E-state index is -3.86. The minimum absolute atomic E-state index is 0.0238. The van der Waals surface area contributed by atoms with Gasteiger partial charge in [-0.3, -0.25) is 0 Å². The maximum Gasteiger partial charge on any atom is 0.242 e. The average molecular weight is 539 g/mol. The SMILES string of the molecule is Cc1cc2c(cc1Cl)OCCC2(F)S(C)(=O)=O.Cc1cc2c(cc1Cl)OCCC2S(C)(=O)=O. The molecule has 33 heavy (non-hydrogen) atoms. The van der Waals surface area contributed by atoms with Crippen molar-refractivity contribution in [2.24, 2.45) is 0 Å². The molecule has 0 saturated heterocycles. The van der Waals surface area contributed by atoms with Crippen LogP contribution in [0.1, 0.15) is 40.3 Å². The number of aryl methyl sites for hydroxylation is 2. The molecule has 2 aliphatic heterocycles. The summed E-state index contributed by atoms with van der Waals surface area (Å²) in [5.41, 5.74) is 2.28. The molecule has 2 unspecified atom stereocenters. The Morgan fingerprint density at radius 2 is 1.45 bits per heavy atom. The maximum absolute atomic E-state index is 14.7. The van der Waals surface area contributed by atoms with Crippen molar-refractivity contribution in [1.29, 1.82) is 0 Å². The third kappa shape index (κ3) is 5.26. The molecule has 2 aromatic rings. The van der Waals surface area contributed by atoms with Gasteiger partial charge in [0.2, 0.25) is 5.00 Å². The van der Waals surface area contributed by atoms with Gasteiger partial charge in [0.05, 0.1) is 18.5 Å². The molecule has 2 heterocycles. The van der Waals surface area contributed by atoms with E-state index >= 15 is 0 Å². The fourth-order valence-corrected chi connectivity index (χ4v) is 6.32. The van der Waals surface area contributed by atoms with Crippen LogP contribution in [-0.2, 0) is 24.7 Å². The van der Waals surface area contributed by atoms with Crippen LogP contribution in [0.4, 0.5) is 4.39 Å². The normalized spacial score (nSPS) is 22.1. The Morgan fingerprint density at radius 3 is 2.03 bits per heavy atom. The number of alkyl halides is 1. The second kappa shape index (κ2) is 9.24. The van der Waals surface area contributed by atoms with Gasteiger partial charge in [-0.25, -0.2) is 21.2 Å². The van der Waals surface area contributed by atoms with Gasteiger partial charge >= 0.3 is 0 Å². The van der Waals surface area contributed by atoms with E-state index in [2.05, 4.69) is 0 Å². The third-order valence-electron chi connectivity index (χ3n) is 5.72. The molecule has 2 aliphatic rings. The third-order valence-corrected chi connectivity index (χ3v) is 9.66. The number of fused-ring (bicyclic) bond motifs is 2. The van der Waals surface area contributed by atoms with Crippen molar-refractivity contribution < 1.29 is 30.7 Å². The summed E-state index contributed by atoms with van der Waals surface area (Å²) in [7, 11) is -6.95. The Hall–Kier alpha value is -1.55. The number of hydrogen-bond acceptors (Lipinski definition) is 6. The van der Waals surface area contributed by atoms with Crippen LogP contribution in [0.3, 0.4) is 0 Å². The largest absolute Gasteiger partial charge is 0.493 e. The first-order valence-electron chi connectivity index (χ1n) is 10.1. The summed E-state index contributed by atoms with van der Waals surface area (Å²) < 4.78 is 71.9. The Morgan fingerprint density at radius 1 is 0.909 bits per heavy atom. The summed E-state index contributed by atoms with van der Waals surface area (Å²) in [5.74, 6) is 0.803. The summed E-state index contributed by atoms with van der Waals surface area (Å²) in [5, 5.41) is -1.81. The highest BCUT2D eigenvalue weighted by Crippen LogP contribution is 2.45. The lowest BCUT2D eigenvalue weighted by Crippen LogP contribution is -2.36. The van der Waals surface area contributed by atoms with E-state index in [1.165, 1.54) is 18.4 Å². The minimum Gasteiger partial charge on any atom is -0.493 e. The highest BCUT2D eigenvalue weighted by molar-refractivity contribution is 7.91. The van der Waals surface area contributed by atoms with Crippen molar-refractivity contribution in [2.45, 2.75) is 36.9 Å². The topological polar surface area (TPSA) is 86.7 Å². The van der Waals surface area contributed by atoms with Gasteiger partial charge in [-0.2, -0.15) is 0 Å².